The Balaban J connectivity index is 2.33. The van der Waals surface area contributed by atoms with Crippen LogP contribution < -0.4 is 0 Å². The molecule has 0 spiro atoms. The highest BCUT2D eigenvalue weighted by atomic mass is 79.9. The third-order valence-electron chi connectivity index (χ3n) is 2.04. The number of halogens is 1. The van der Waals surface area contributed by atoms with Gasteiger partial charge in [0.15, 0.2) is 0 Å². The molecular weight excluding hydrogens is 254 g/mol. The largest absolute Gasteiger partial charge is 0.241 e. The molecule has 0 unspecified atom stereocenters. The van der Waals surface area contributed by atoms with Gasteiger partial charge in [-0.15, -0.1) is 0 Å². The minimum Gasteiger partial charge on any atom is -0.241 e. The van der Waals surface area contributed by atoms with Crippen molar-refractivity contribution in [1.29, 1.82) is 5.26 Å². The minimum absolute atomic E-state index is 0.659. The fraction of sp³-hybridized carbons (Fsp3) is 0.0909. The predicted molar refractivity (Wildman–Crippen MR) is 60.9 cm³/mol. The smallest absolute Gasteiger partial charge is 0.0991 e. The summed E-state index contributed by atoms with van der Waals surface area (Å²) in [5, 5.41) is 13.8. The molecule has 0 bridgehead atoms. The zero-order valence-electron chi connectivity index (χ0n) is 7.89. The lowest BCUT2D eigenvalue weighted by Crippen LogP contribution is -1.95. The average molecular weight is 262 g/mol. The highest BCUT2D eigenvalue weighted by molar-refractivity contribution is 9.08. The second-order valence-corrected chi connectivity index (χ2v) is 3.60. The summed E-state index contributed by atoms with van der Waals surface area (Å²) in [6.07, 6.45) is 1.90. The Hall–Kier alpha value is -1.60. The van der Waals surface area contributed by atoms with E-state index in [2.05, 4.69) is 27.1 Å². The third kappa shape index (κ3) is 2.08. The Morgan fingerprint density at radius 3 is 2.53 bits per heavy atom. The molecule has 0 saturated heterocycles. The number of alkyl halides is 1. The molecule has 0 atom stereocenters. The molecule has 1 heterocycles. The van der Waals surface area contributed by atoms with Crippen LogP contribution in [0.1, 0.15) is 11.3 Å². The van der Waals surface area contributed by atoms with Crippen molar-refractivity contribution in [3.05, 3.63) is 47.8 Å². The van der Waals surface area contributed by atoms with E-state index in [0.29, 0.717) is 5.56 Å². The molecule has 4 heteroatoms. The summed E-state index contributed by atoms with van der Waals surface area (Å²) >= 11 is 3.35. The lowest BCUT2D eigenvalue weighted by Gasteiger charge is -2.00. The van der Waals surface area contributed by atoms with Gasteiger partial charge >= 0.3 is 0 Å². The molecule has 0 aliphatic rings. The monoisotopic (exact) mass is 261 g/mol. The quantitative estimate of drug-likeness (QED) is 0.780. The van der Waals surface area contributed by atoms with Crippen molar-refractivity contribution >= 4 is 15.9 Å². The Bertz CT molecular complexity index is 493. The van der Waals surface area contributed by atoms with E-state index < -0.39 is 0 Å². The first-order valence-corrected chi connectivity index (χ1v) is 5.56. The highest BCUT2D eigenvalue weighted by Gasteiger charge is 1.99. The molecule has 2 rings (SSSR count). The number of aromatic nitrogens is 2. The SMILES string of the molecule is N#Cc1ccc(-n2ccc(CBr)n2)cc1. The van der Waals surface area contributed by atoms with Crippen LogP contribution in [-0.2, 0) is 5.33 Å². The summed E-state index contributed by atoms with van der Waals surface area (Å²) in [7, 11) is 0. The third-order valence-corrected chi connectivity index (χ3v) is 2.62. The molecule has 74 valence electrons. The summed E-state index contributed by atoms with van der Waals surface area (Å²) in [5.74, 6) is 0. The molecule has 0 aliphatic heterocycles. The highest BCUT2D eigenvalue weighted by Crippen LogP contribution is 2.10. The van der Waals surface area contributed by atoms with Gasteiger partial charge in [0.25, 0.3) is 0 Å². The van der Waals surface area contributed by atoms with Crippen LogP contribution >= 0.6 is 15.9 Å². The summed E-state index contributed by atoms with van der Waals surface area (Å²) in [4.78, 5) is 0. The Morgan fingerprint density at radius 2 is 2.00 bits per heavy atom. The van der Waals surface area contributed by atoms with E-state index in [1.807, 2.05) is 24.4 Å². The van der Waals surface area contributed by atoms with Gasteiger partial charge in [-0.2, -0.15) is 10.4 Å². The molecule has 0 N–H and O–H groups in total. The van der Waals surface area contributed by atoms with Gasteiger partial charge in [0.05, 0.1) is 23.0 Å². The van der Waals surface area contributed by atoms with Gasteiger partial charge < -0.3 is 0 Å². The Kier molecular flexibility index (Phi) is 2.84. The van der Waals surface area contributed by atoms with E-state index in [-0.39, 0.29) is 0 Å². The van der Waals surface area contributed by atoms with Crippen LogP contribution in [0, 0.1) is 11.3 Å². The topological polar surface area (TPSA) is 41.6 Å². The first-order valence-electron chi connectivity index (χ1n) is 4.44. The summed E-state index contributed by atoms with van der Waals surface area (Å²) < 4.78 is 1.79. The number of rotatable bonds is 2. The number of hydrogen-bond donors (Lipinski definition) is 0. The molecule has 0 fully saturated rings. The van der Waals surface area contributed by atoms with E-state index in [1.54, 1.807) is 16.8 Å². The van der Waals surface area contributed by atoms with Crippen LogP contribution in [0.3, 0.4) is 0 Å². The van der Waals surface area contributed by atoms with Gasteiger partial charge in [0.2, 0.25) is 0 Å². The van der Waals surface area contributed by atoms with Crippen LogP contribution in [-0.4, -0.2) is 9.78 Å². The van der Waals surface area contributed by atoms with Crippen molar-refractivity contribution in [3.63, 3.8) is 0 Å². The lowest BCUT2D eigenvalue weighted by molar-refractivity contribution is 0.860. The van der Waals surface area contributed by atoms with E-state index in [9.17, 15) is 0 Å². The van der Waals surface area contributed by atoms with E-state index in [1.165, 1.54) is 0 Å². The number of hydrogen-bond acceptors (Lipinski definition) is 2. The van der Waals surface area contributed by atoms with Gasteiger partial charge in [-0.1, -0.05) is 15.9 Å². The van der Waals surface area contributed by atoms with Crippen molar-refractivity contribution in [1.82, 2.24) is 9.78 Å². The molecule has 0 amide bonds. The fourth-order valence-electron chi connectivity index (χ4n) is 1.27. The van der Waals surface area contributed by atoms with Crippen LogP contribution in [0.2, 0.25) is 0 Å². The average Bonchev–Trinajstić information content (AvgIpc) is 2.78. The fourth-order valence-corrected chi connectivity index (χ4v) is 1.56. The summed E-state index contributed by atoms with van der Waals surface area (Å²) in [6, 6.07) is 11.4. The Morgan fingerprint density at radius 1 is 1.27 bits per heavy atom. The number of nitrogens with zero attached hydrogens (tertiary/aromatic N) is 3. The second-order valence-electron chi connectivity index (χ2n) is 3.04. The van der Waals surface area contributed by atoms with Crippen LogP contribution in [0.15, 0.2) is 36.5 Å². The van der Waals surface area contributed by atoms with E-state index >= 15 is 0 Å². The molecule has 1 aromatic heterocycles. The zero-order chi connectivity index (χ0) is 10.7. The van der Waals surface area contributed by atoms with Crippen LogP contribution in [0.25, 0.3) is 5.69 Å². The molecule has 0 saturated carbocycles. The molecule has 3 nitrogen and oxygen atoms in total. The molecule has 0 radical (unpaired) electrons. The molecule has 0 aliphatic carbocycles. The van der Waals surface area contributed by atoms with Crippen molar-refractivity contribution in [2.75, 3.05) is 0 Å². The molecular formula is C11H8BrN3. The lowest BCUT2D eigenvalue weighted by atomic mass is 10.2. The van der Waals surface area contributed by atoms with Crippen molar-refractivity contribution in [2.45, 2.75) is 5.33 Å². The first-order chi connectivity index (χ1) is 7.33. The van der Waals surface area contributed by atoms with Gasteiger partial charge in [-0.3, -0.25) is 0 Å². The van der Waals surface area contributed by atoms with Crippen molar-refractivity contribution in [3.8, 4) is 11.8 Å². The van der Waals surface area contributed by atoms with E-state index in [4.69, 9.17) is 5.26 Å². The predicted octanol–water partition coefficient (Wildman–Crippen LogP) is 2.64. The minimum atomic E-state index is 0.659. The normalized spacial score (nSPS) is 9.87. The van der Waals surface area contributed by atoms with Crippen LogP contribution in [0.5, 0.6) is 0 Å². The Labute approximate surface area is 96.1 Å². The standard InChI is InChI=1S/C11H8BrN3/c12-7-10-5-6-15(14-10)11-3-1-9(8-13)2-4-11/h1-6H,7H2. The number of benzene rings is 1. The van der Waals surface area contributed by atoms with Gasteiger partial charge in [0, 0.05) is 11.5 Å². The number of nitriles is 1. The molecule has 2 aromatic rings. The first kappa shape index (κ1) is 9.94. The maximum atomic E-state index is 8.66. The van der Waals surface area contributed by atoms with Crippen molar-refractivity contribution in [2.24, 2.45) is 0 Å². The maximum Gasteiger partial charge on any atom is 0.0991 e. The maximum absolute atomic E-state index is 8.66. The van der Waals surface area contributed by atoms with Gasteiger partial charge in [-0.05, 0) is 30.3 Å². The van der Waals surface area contributed by atoms with Crippen molar-refractivity contribution < 1.29 is 0 Å². The summed E-state index contributed by atoms with van der Waals surface area (Å²) in [6.45, 7) is 0. The molecule has 1 aromatic carbocycles. The van der Waals surface area contributed by atoms with Crippen LogP contribution in [0.4, 0.5) is 0 Å². The van der Waals surface area contributed by atoms with Gasteiger partial charge in [0.1, 0.15) is 0 Å². The van der Waals surface area contributed by atoms with E-state index in [0.717, 1.165) is 16.7 Å². The second kappa shape index (κ2) is 4.28. The summed E-state index contributed by atoms with van der Waals surface area (Å²) in [5.41, 5.74) is 2.60. The zero-order valence-corrected chi connectivity index (χ0v) is 9.48. The van der Waals surface area contributed by atoms with Gasteiger partial charge in [-0.25, -0.2) is 4.68 Å². The molecule has 15 heavy (non-hydrogen) atoms.